The molecule has 7 aliphatic heterocycles. The van der Waals surface area contributed by atoms with Gasteiger partial charge in [0, 0.05) is 45.3 Å². The van der Waals surface area contributed by atoms with Crippen molar-refractivity contribution in [3.05, 3.63) is 24.3 Å². The fraction of sp³-hybridized carbons (Fsp3) is 0.875. The van der Waals surface area contributed by atoms with Crippen LogP contribution in [-0.2, 0) is 42.7 Å². The number of Topliss-reactive ketones (excluding diaryl/α,β-unsaturated/α-hetero) is 1. The highest BCUT2D eigenvalue weighted by atomic mass is 16.7. The maximum absolute atomic E-state index is 12.9. The molecule has 14 atom stereocenters. The summed E-state index contributed by atoms with van der Waals surface area (Å²) in [5.41, 5.74) is 2.40. The van der Waals surface area contributed by atoms with E-state index in [-0.39, 0.29) is 73.2 Å². The Morgan fingerprint density at radius 2 is 1.65 bits per heavy atom. The molecule has 0 saturated carbocycles. The summed E-state index contributed by atoms with van der Waals surface area (Å²) in [4.78, 5) is 12.9. The molecule has 7 fully saturated rings. The number of hydrogen-bond acceptors (Lipinski definition) is 11. The first-order valence-electron chi connectivity index (χ1n) is 19.6. The molecular formula is C40H66O11. The Morgan fingerprint density at radius 1 is 0.922 bits per heavy atom. The van der Waals surface area contributed by atoms with Gasteiger partial charge < -0.3 is 48.1 Å². The number of aliphatic hydroxyl groups excluding tert-OH is 2. The minimum Gasteiger partial charge on any atom is -0.394 e. The van der Waals surface area contributed by atoms with E-state index in [0.717, 1.165) is 63.7 Å². The van der Waals surface area contributed by atoms with Gasteiger partial charge in [0.2, 0.25) is 0 Å². The zero-order valence-corrected chi connectivity index (χ0v) is 31.8. The van der Waals surface area contributed by atoms with Crippen LogP contribution in [0.3, 0.4) is 0 Å². The van der Waals surface area contributed by atoms with Gasteiger partial charge in [-0.15, -0.1) is 0 Å². The number of ketones is 1. The fourth-order valence-electron chi connectivity index (χ4n) is 8.67. The smallest absolute Gasteiger partial charge is 0.172 e. The van der Waals surface area contributed by atoms with Crippen LogP contribution in [0, 0.1) is 11.8 Å². The molecular weight excluding hydrogens is 656 g/mol. The Labute approximate surface area is 305 Å². The highest BCUT2D eigenvalue weighted by Crippen LogP contribution is 2.50. The van der Waals surface area contributed by atoms with Gasteiger partial charge in [-0.05, 0) is 76.7 Å². The van der Waals surface area contributed by atoms with Crippen LogP contribution in [0.15, 0.2) is 24.3 Å². The molecule has 7 saturated heterocycles. The van der Waals surface area contributed by atoms with Gasteiger partial charge in [-0.2, -0.15) is 0 Å². The zero-order valence-electron chi connectivity index (χ0n) is 31.8. The van der Waals surface area contributed by atoms with Crippen molar-refractivity contribution in [1.29, 1.82) is 0 Å². The largest absolute Gasteiger partial charge is 0.394 e. The van der Waals surface area contributed by atoms with Crippen LogP contribution in [0.1, 0.15) is 105 Å². The lowest BCUT2D eigenvalue weighted by Crippen LogP contribution is -2.62. The van der Waals surface area contributed by atoms with Gasteiger partial charge in [-0.25, -0.2) is 0 Å². The van der Waals surface area contributed by atoms with Crippen molar-refractivity contribution in [2.24, 2.45) is 11.8 Å². The van der Waals surface area contributed by atoms with E-state index < -0.39 is 11.9 Å². The Morgan fingerprint density at radius 3 is 2.25 bits per heavy atom. The van der Waals surface area contributed by atoms with Crippen LogP contribution in [0.25, 0.3) is 0 Å². The second-order valence-electron chi connectivity index (χ2n) is 16.0. The van der Waals surface area contributed by atoms with Crippen molar-refractivity contribution >= 4 is 5.78 Å². The number of carbonyl (C=O) groups excluding carboxylic acids is 1. The fourth-order valence-corrected chi connectivity index (χ4v) is 8.67. The molecule has 11 heteroatoms. The third kappa shape index (κ3) is 10.7. The second kappa shape index (κ2) is 18.9. The quantitative estimate of drug-likeness (QED) is 0.288. The van der Waals surface area contributed by atoms with Crippen LogP contribution in [0.5, 0.6) is 0 Å². The normalized spacial score (nSPS) is 42.2. The molecule has 0 aliphatic carbocycles. The van der Waals surface area contributed by atoms with E-state index in [1.54, 1.807) is 7.11 Å². The molecule has 0 amide bonds. The van der Waals surface area contributed by atoms with E-state index >= 15 is 0 Å². The molecule has 7 heterocycles. The highest BCUT2D eigenvalue weighted by molar-refractivity contribution is 5.79. The van der Waals surface area contributed by atoms with Gasteiger partial charge in [0.15, 0.2) is 5.79 Å². The summed E-state index contributed by atoms with van der Waals surface area (Å²) in [6.45, 7) is 17.9. The molecule has 51 heavy (non-hydrogen) atoms. The first-order valence-corrected chi connectivity index (χ1v) is 19.6. The number of fused-ring (bicyclic) bond motifs is 7. The maximum atomic E-state index is 12.9. The third-order valence-corrected chi connectivity index (χ3v) is 11.8. The first-order chi connectivity index (χ1) is 24.4. The zero-order chi connectivity index (χ0) is 36.7. The summed E-state index contributed by atoms with van der Waals surface area (Å²) in [6.07, 6.45) is 9.78. The molecule has 0 spiro atoms. The van der Waals surface area contributed by atoms with E-state index in [2.05, 4.69) is 33.9 Å². The third-order valence-electron chi connectivity index (χ3n) is 11.8. The summed E-state index contributed by atoms with van der Waals surface area (Å²) in [5, 5.41) is 16.0. The molecule has 7 rings (SSSR count). The van der Waals surface area contributed by atoms with Gasteiger partial charge in [-0.3, -0.25) is 4.79 Å². The number of rotatable bonds is 10. The van der Waals surface area contributed by atoms with E-state index in [0.29, 0.717) is 37.9 Å². The van der Waals surface area contributed by atoms with Crippen LogP contribution >= 0.6 is 0 Å². The van der Waals surface area contributed by atoms with Crippen molar-refractivity contribution < 1.29 is 52.9 Å². The SMILES string of the molecule is C=C1CC[C@H](CC)OC1.C=C1COC(CC[C@]23C[C@@H](OC)C(O2)[C@@H]2OC4CCC(CC(=O)CC5CCO[C@H]5C)O[C@@H]4C(O3)C2C)C1.CC(O)CO. The lowest BCUT2D eigenvalue weighted by atomic mass is 9.80. The van der Waals surface area contributed by atoms with Crippen molar-refractivity contribution in [2.45, 2.75) is 178 Å². The van der Waals surface area contributed by atoms with Crippen molar-refractivity contribution in [2.75, 3.05) is 33.5 Å². The Kier molecular flexibility index (Phi) is 15.1. The van der Waals surface area contributed by atoms with Crippen LogP contribution in [0.4, 0.5) is 0 Å². The standard InChI is InChI=1S/C29H44O8.C8H14O.C3H8O2/c1-16-11-21(33-15-16)7-9-29-14-24(31-4)28(37-29)25-17(2)26(36-29)27-23(35-25)6-5-22(34-27)13-20(30)12-19-8-10-32-18(19)3;1-3-8-5-4-7(2)6-9-8;1-3(5)2-4/h17-19,21-28H,1,5-15H2,2-4H3;8H,2-6H2,1H3;3-5H,2H2,1H3/t17?,18-,19?,21?,22?,23?,24+,25+,26?,27-,28?,29+;8-;/m00./s1. The average molecular weight is 723 g/mol. The summed E-state index contributed by atoms with van der Waals surface area (Å²) >= 11 is 0. The predicted octanol–water partition coefficient (Wildman–Crippen LogP) is 5.23. The second-order valence-corrected chi connectivity index (χ2v) is 16.0. The lowest BCUT2D eigenvalue weighted by molar-refractivity contribution is -0.290. The van der Waals surface area contributed by atoms with E-state index in [1.165, 1.54) is 25.3 Å². The number of methoxy groups -OCH3 is 1. The predicted molar refractivity (Wildman–Crippen MR) is 191 cm³/mol. The molecule has 8 unspecified atom stereocenters. The van der Waals surface area contributed by atoms with Gasteiger partial charge >= 0.3 is 0 Å². The molecule has 11 nitrogen and oxygen atoms in total. The molecule has 292 valence electrons. The van der Waals surface area contributed by atoms with Crippen molar-refractivity contribution in [3.8, 4) is 0 Å². The van der Waals surface area contributed by atoms with E-state index in [4.69, 9.17) is 48.1 Å². The van der Waals surface area contributed by atoms with E-state index in [9.17, 15) is 4.79 Å². The minimum absolute atomic E-state index is 0.0557. The number of hydrogen-bond donors (Lipinski definition) is 2. The minimum atomic E-state index is -0.741. The average Bonchev–Trinajstić information content (AvgIpc) is 3.83. The lowest BCUT2D eigenvalue weighted by Gasteiger charge is -2.50. The van der Waals surface area contributed by atoms with Crippen LogP contribution in [0.2, 0.25) is 0 Å². The summed E-state index contributed by atoms with van der Waals surface area (Å²) in [6, 6.07) is 0. The molecule has 0 aromatic heterocycles. The van der Waals surface area contributed by atoms with Gasteiger partial charge in [0.25, 0.3) is 0 Å². The van der Waals surface area contributed by atoms with Crippen LogP contribution in [-0.4, -0.2) is 122 Å². The van der Waals surface area contributed by atoms with Crippen molar-refractivity contribution in [1.82, 2.24) is 0 Å². The monoisotopic (exact) mass is 722 g/mol. The molecule has 0 aromatic carbocycles. The molecule has 7 aliphatic rings. The Hall–Kier alpha value is -1.25. The van der Waals surface area contributed by atoms with Gasteiger partial charge in [-0.1, -0.05) is 32.6 Å². The molecule has 4 bridgehead atoms. The topological polar surface area (TPSA) is 131 Å². The Balaban J connectivity index is 0.000000303. The molecule has 0 radical (unpaired) electrons. The summed E-state index contributed by atoms with van der Waals surface area (Å²) < 4.78 is 49.9. The number of ether oxygens (including phenoxy) is 8. The molecule has 2 N–H and O–H groups in total. The van der Waals surface area contributed by atoms with E-state index in [1.807, 2.05) is 0 Å². The molecule has 0 aromatic rings. The van der Waals surface area contributed by atoms with Crippen LogP contribution < -0.4 is 0 Å². The maximum Gasteiger partial charge on any atom is 0.172 e. The Bertz CT molecular complexity index is 1140. The summed E-state index contributed by atoms with van der Waals surface area (Å²) in [5.74, 6) is -0.0419. The van der Waals surface area contributed by atoms with Gasteiger partial charge in [0.05, 0.1) is 74.8 Å². The number of aliphatic hydroxyl groups is 2. The highest BCUT2D eigenvalue weighted by Gasteiger charge is 2.62. The van der Waals surface area contributed by atoms with Gasteiger partial charge in [0.1, 0.15) is 18.0 Å². The number of carbonyl (C=O) groups is 1. The summed E-state index contributed by atoms with van der Waals surface area (Å²) in [7, 11) is 1.75. The first kappa shape index (κ1) is 40.9. The van der Waals surface area contributed by atoms with Crippen molar-refractivity contribution in [3.63, 3.8) is 0 Å².